The number of nitrogens with two attached hydrogens (primary N) is 1. The maximum Gasteiger partial charge on any atom is 0.419 e. The van der Waals surface area contributed by atoms with Gasteiger partial charge in [-0.1, -0.05) is 6.07 Å². The number of ketones is 1. The molecule has 0 saturated heterocycles. The van der Waals surface area contributed by atoms with Gasteiger partial charge < -0.3 is 10.2 Å². The third-order valence-electron chi connectivity index (χ3n) is 4.70. The molecule has 0 amide bonds. The summed E-state index contributed by atoms with van der Waals surface area (Å²) in [5.41, 5.74) is 6.34. The molecule has 2 N–H and O–H groups in total. The summed E-state index contributed by atoms with van der Waals surface area (Å²) in [4.78, 5) is 12.6. The van der Waals surface area contributed by atoms with E-state index in [0.29, 0.717) is 17.0 Å². The minimum absolute atomic E-state index is 0.0107. The number of nitrogen functional groups attached to an aromatic ring is 1. The van der Waals surface area contributed by atoms with Gasteiger partial charge in [-0.25, -0.2) is 4.39 Å². The Hall–Kier alpha value is -2.83. The van der Waals surface area contributed by atoms with E-state index in [4.69, 9.17) is 10.2 Å². The highest BCUT2D eigenvalue weighted by Gasteiger charge is 2.36. The highest BCUT2D eigenvalue weighted by Crippen LogP contribution is 2.37. The lowest BCUT2D eigenvalue weighted by molar-refractivity contribution is -0.140. The van der Waals surface area contributed by atoms with Gasteiger partial charge in [-0.3, -0.25) is 4.79 Å². The first-order valence-corrected chi connectivity index (χ1v) is 8.01. The zero-order chi connectivity index (χ0) is 18.6. The van der Waals surface area contributed by atoms with E-state index in [1.807, 2.05) is 6.07 Å². The topological polar surface area (TPSA) is 56.2 Å². The molecule has 4 rings (SSSR count). The van der Waals surface area contributed by atoms with Crippen molar-refractivity contribution in [2.75, 3.05) is 5.73 Å². The molecule has 2 aromatic carbocycles. The number of hydrogen-bond acceptors (Lipinski definition) is 3. The van der Waals surface area contributed by atoms with Crippen LogP contribution in [0.15, 0.2) is 34.7 Å². The maximum absolute atomic E-state index is 14.3. The van der Waals surface area contributed by atoms with Crippen molar-refractivity contribution < 1.29 is 26.8 Å². The molecule has 7 heteroatoms. The highest BCUT2D eigenvalue weighted by molar-refractivity contribution is 6.14. The fourth-order valence-corrected chi connectivity index (χ4v) is 3.40. The zero-order valence-electron chi connectivity index (χ0n) is 13.4. The molecule has 1 aromatic heterocycles. The smallest absolute Gasteiger partial charge is 0.419 e. The molecule has 0 radical (unpaired) electrons. The van der Waals surface area contributed by atoms with Crippen LogP contribution in [-0.2, 0) is 19.0 Å². The van der Waals surface area contributed by atoms with Gasteiger partial charge in [-0.15, -0.1) is 0 Å². The molecule has 1 heterocycles. The van der Waals surface area contributed by atoms with Crippen molar-refractivity contribution in [1.82, 2.24) is 0 Å². The number of halogens is 4. The normalized spacial score (nSPS) is 14.0. The lowest BCUT2D eigenvalue weighted by atomic mass is 10.0. The molecule has 3 aromatic rings. The van der Waals surface area contributed by atoms with Crippen LogP contribution < -0.4 is 5.73 Å². The van der Waals surface area contributed by atoms with Gasteiger partial charge in [0.1, 0.15) is 11.4 Å². The van der Waals surface area contributed by atoms with E-state index < -0.39 is 28.9 Å². The van der Waals surface area contributed by atoms with Crippen molar-refractivity contribution in [3.63, 3.8) is 0 Å². The Morgan fingerprint density at radius 3 is 2.50 bits per heavy atom. The number of carbonyl (C=O) groups is 1. The summed E-state index contributed by atoms with van der Waals surface area (Å²) in [6.45, 7) is 0. The van der Waals surface area contributed by atoms with Crippen molar-refractivity contribution in [2.45, 2.75) is 25.4 Å². The predicted octanol–water partition coefficient (Wildman–Crippen LogP) is 4.89. The van der Waals surface area contributed by atoms with E-state index in [1.54, 1.807) is 6.07 Å². The predicted molar refractivity (Wildman–Crippen MR) is 87.5 cm³/mol. The molecule has 0 atom stereocenters. The number of aryl methyl sites for hydroxylation is 2. The summed E-state index contributed by atoms with van der Waals surface area (Å²) in [5, 5.41) is 0.515. The average Bonchev–Trinajstić information content (AvgIpc) is 3.16. The van der Waals surface area contributed by atoms with Crippen LogP contribution in [0.3, 0.4) is 0 Å². The number of fused-ring (bicyclic) bond motifs is 2. The fourth-order valence-electron chi connectivity index (χ4n) is 3.40. The summed E-state index contributed by atoms with van der Waals surface area (Å²) < 4.78 is 58.4. The molecule has 26 heavy (non-hydrogen) atoms. The van der Waals surface area contributed by atoms with E-state index in [1.165, 1.54) is 0 Å². The molecule has 3 nitrogen and oxygen atoms in total. The molecule has 0 saturated carbocycles. The SMILES string of the molecule is Nc1c(C(=O)c2cccc(C(F)(F)F)c2F)oc2cc3c(cc12)CCC3. The van der Waals surface area contributed by atoms with Crippen molar-refractivity contribution >= 4 is 22.4 Å². The van der Waals surface area contributed by atoms with Gasteiger partial charge in [0.2, 0.25) is 5.78 Å². The molecule has 0 bridgehead atoms. The third kappa shape index (κ3) is 2.46. The number of anilines is 1. The first-order valence-electron chi connectivity index (χ1n) is 8.01. The maximum atomic E-state index is 14.3. The van der Waals surface area contributed by atoms with Crippen molar-refractivity contribution in [3.05, 3.63) is 64.2 Å². The second-order valence-corrected chi connectivity index (χ2v) is 6.31. The van der Waals surface area contributed by atoms with Crippen LogP contribution >= 0.6 is 0 Å². The summed E-state index contributed by atoms with van der Waals surface area (Å²) in [5.74, 6) is -2.99. The van der Waals surface area contributed by atoms with Crippen LogP contribution in [0.25, 0.3) is 11.0 Å². The molecular weight excluding hydrogens is 350 g/mol. The second-order valence-electron chi connectivity index (χ2n) is 6.31. The van der Waals surface area contributed by atoms with Gasteiger partial charge in [0.15, 0.2) is 5.76 Å². The van der Waals surface area contributed by atoms with Gasteiger partial charge in [0, 0.05) is 5.39 Å². The van der Waals surface area contributed by atoms with E-state index in [2.05, 4.69) is 0 Å². The minimum atomic E-state index is -4.90. The summed E-state index contributed by atoms with van der Waals surface area (Å²) >= 11 is 0. The number of furan rings is 1. The van der Waals surface area contributed by atoms with Gasteiger partial charge in [0.25, 0.3) is 0 Å². The molecular formula is C19H13F4NO2. The van der Waals surface area contributed by atoms with Crippen LogP contribution in [0.4, 0.5) is 23.2 Å². The number of carbonyl (C=O) groups excluding carboxylic acids is 1. The van der Waals surface area contributed by atoms with E-state index in [0.717, 1.165) is 42.5 Å². The minimum Gasteiger partial charge on any atom is -0.450 e. The Bertz CT molecular complexity index is 1050. The quantitative estimate of drug-likeness (QED) is 0.521. The Labute approximate surface area is 145 Å². The Morgan fingerprint density at radius 2 is 1.81 bits per heavy atom. The highest BCUT2D eigenvalue weighted by atomic mass is 19.4. The summed E-state index contributed by atoms with van der Waals surface area (Å²) in [7, 11) is 0. The van der Waals surface area contributed by atoms with Crippen LogP contribution in [0.1, 0.15) is 39.2 Å². The molecule has 0 aliphatic heterocycles. The third-order valence-corrected chi connectivity index (χ3v) is 4.70. The lowest BCUT2D eigenvalue weighted by Gasteiger charge is -2.10. The van der Waals surface area contributed by atoms with Gasteiger partial charge in [0.05, 0.1) is 16.8 Å². The Balaban J connectivity index is 1.84. The van der Waals surface area contributed by atoms with E-state index >= 15 is 0 Å². The number of alkyl halides is 3. The van der Waals surface area contributed by atoms with Crippen LogP contribution in [0.5, 0.6) is 0 Å². The zero-order valence-corrected chi connectivity index (χ0v) is 13.4. The summed E-state index contributed by atoms with van der Waals surface area (Å²) in [6, 6.07) is 6.16. The van der Waals surface area contributed by atoms with Crippen molar-refractivity contribution in [3.8, 4) is 0 Å². The Kier molecular flexibility index (Phi) is 3.57. The van der Waals surface area contributed by atoms with Crippen molar-refractivity contribution in [2.24, 2.45) is 0 Å². The number of hydrogen-bond donors (Lipinski definition) is 1. The molecule has 134 valence electrons. The van der Waals surface area contributed by atoms with E-state index in [-0.39, 0.29) is 11.4 Å². The second kappa shape index (κ2) is 5.59. The average molecular weight is 363 g/mol. The fraction of sp³-hybridized carbons (Fsp3) is 0.211. The van der Waals surface area contributed by atoms with Crippen LogP contribution in [0, 0.1) is 5.82 Å². The molecule has 1 aliphatic rings. The molecule has 0 spiro atoms. The first kappa shape index (κ1) is 16.6. The van der Waals surface area contributed by atoms with Gasteiger partial charge >= 0.3 is 6.18 Å². The van der Waals surface area contributed by atoms with Crippen molar-refractivity contribution in [1.29, 1.82) is 0 Å². The molecule has 0 unspecified atom stereocenters. The van der Waals surface area contributed by atoms with Crippen LogP contribution in [0.2, 0.25) is 0 Å². The largest absolute Gasteiger partial charge is 0.450 e. The van der Waals surface area contributed by atoms with Crippen LogP contribution in [-0.4, -0.2) is 5.78 Å². The lowest BCUT2D eigenvalue weighted by Crippen LogP contribution is -2.13. The molecule has 0 fully saturated rings. The van der Waals surface area contributed by atoms with E-state index in [9.17, 15) is 22.4 Å². The summed E-state index contributed by atoms with van der Waals surface area (Å²) in [6.07, 6.45) is -2.11. The monoisotopic (exact) mass is 363 g/mol. The number of benzene rings is 2. The standard InChI is InChI=1S/C19H13F4NO2/c20-15-11(5-2-6-13(15)19(21,22)23)17(25)18-16(24)12-7-9-3-1-4-10(9)8-14(12)26-18/h2,5-8H,1,3-4,24H2. The first-order chi connectivity index (χ1) is 12.3. The van der Waals surface area contributed by atoms with Gasteiger partial charge in [-0.2, -0.15) is 13.2 Å². The Morgan fingerprint density at radius 1 is 1.12 bits per heavy atom. The number of rotatable bonds is 2. The van der Waals surface area contributed by atoms with Gasteiger partial charge in [-0.05, 0) is 54.7 Å². The molecule has 1 aliphatic carbocycles.